The highest BCUT2D eigenvalue weighted by molar-refractivity contribution is 5.99. The molecule has 176 valence electrons. The normalized spacial score (nSPS) is 14.9. The molecule has 1 aliphatic rings. The van der Waals surface area contributed by atoms with Crippen LogP contribution in [0.15, 0.2) is 75.9 Å². The Hall–Kier alpha value is -4.19. The Labute approximate surface area is 202 Å². The van der Waals surface area contributed by atoms with Gasteiger partial charge in [-0.25, -0.2) is 4.79 Å². The number of aryl methyl sites for hydroxylation is 2. The number of ether oxygens (including phenoxy) is 1. The van der Waals surface area contributed by atoms with Crippen molar-refractivity contribution < 1.29 is 18.7 Å². The molecule has 3 aromatic carbocycles. The van der Waals surface area contributed by atoms with Crippen LogP contribution in [0.25, 0.3) is 11.0 Å². The SMILES string of the molecule is COC(=O)c1ccc([C@H]2c3c(oc4cc(C)c(C)cc4c3=O)C(=O)N2CCc2ccccc2)cc1. The number of hydrogen-bond acceptors (Lipinski definition) is 5. The minimum atomic E-state index is -0.616. The summed E-state index contributed by atoms with van der Waals surface area (Å²) in [5.74, 6) is -0.673. The predicted molar refractivity (Wildman–Crippen MR) is 133 cm³/mol. The van der Waals surface area contributed by atoms with Crippen LogP contribution in [-0.2, 0) is 11.2 Å². The van der Waals surface area contributed by atoms with E-state index in [2.05, 4.69) is 0 Å². The van der Waals surface area contributed by atoms with Gasteiger partial charge in [0.2, 0.25) is 5.76 Å². The van der Waals surface area contributed by atoms with Crippen LogP contribution in [0.2, 0.25) is 0 Å². The van der Waals surface area contributed by atoms with Gasteiger partial charge in [-0.1, -0.05) is 42.5 Å². The van der Waals surface area contributed by atoms with Crippen LogP contribution in [0, 0.1) is 13.8 Å². The van der Waals surface area contributed by atoms with E-state index in [4.69, 9.17) is 9.15 Å². The summed E-state index contributed by atoms with van der Waals surface area (Å²) < 4.78 is 10.9. The highest BCUT2D eigenvalue weighted by Gasteiger charge is 2.42. The van der Waals surface area contributed by atoms with E-state index in [9.17, 15) is 14.4 Å². The molecular formula is C29H25NO5. The largest absolute Gasteiger partial charge is 0.465 e. The van der Waals surface area contributed by atoms with Gasteiger partial charge in [0.25, 0.3) is 5.91 Å². The zero-order valence-corrected chi connectivity index (χ0v) is 19.8. The van der Waals surface area contributed by atoms with Gasteiger partial charge in [0, 0.05) is 6.54 Å². The molecule has 6 nitrogen and oxygen atoms in total. The Bertz CT molecular complexity index is 1500. The number of nitrogens with zero attached hydrogens (tertiary/aromatic N) is 1. The summed E-state index contributed by atoms with van der Waals surface area (Å²) in [6.45, 7) is 4.30. The van der Waals surface area contributed by atoms with Crippen molar-refractivity contribution in [2.75, 3.05) is 13.7 Å². The fourth-order valence-corrected chi connectivity index (χ4v) is 4.67. The van der Waals surface area contributed by atoms with E-state index in [1.54, 1.807) is 29.2 Å². The Morgan fingerprint density at radius 3 is 2.34 bits per heavy atom. The summed E-state index contributed by atoms with van der Waals surface area (Å²) in [6, 6.07) is 19.7. The number of carbonyl (C=O) groups is 2. The smallest absolute Gasteiger partial charge is 0.337 e. The average Bonchev–Trinajstić information content (AvgIpc) is 3.16. The molecule has 0 saturated heterocycles. The molecule has 6 heteroatoms. The first-order valence-electron chi connectivity index (χ1n) is 11.5. The van der Waals surface area contributed by atoms with Crippen molar-refractivity contribution in [1.29, 1.82) is 0 Å². The fourth-order valence-electron chi connectivity index (χ4n) is 4.67. The standard InChI is InChI=1S/C29H25NO5/c1-17-15-22-23(16-18(17)2)35-27-24(26(22)31)25(20-9-11-21(12-10-20)29(33)34-3)30(28(27)32)14-13-19-7-5-4-6-8-19/h4-12,15-16,25H,13-14H2,1-3H3/t25-/m0/s1. The summed E-state index contributed by atoms with van der Waals surface area (Å²) in [4.78, 5) is 40.9. The van der Waals surface area contributed by atoms with Gasteiger partial charge in [0.15, 0.2) is 5.43 Å². The topological polar surface area (TPSA) is 76.8 Å². The van der Waals surface area contributed by atoms with Gasteiger partial charge in [-0.3, -0.25) is 9.59 Å². The first-order chi connectivity index (χ1) is 16.9. The van der Waals surface area contributed by atoms with Crippen LogP contribution in [0.4, 0.5) is 0 Å². The van der Waals surface area contributed by atoms with Gasteiger partial charge in [0.05, 0.1) is 29.7 Å². The van der Waals surface area contributed by atoms with E-state index >= 15 is 0 Å². The van der Waals surface area contributed by atoms with Crippen molar-refractivity contribution in [3.63, 3.8) is 0 Å². The molecule has 1 amide bonds. The second-order valence-corrected chi connectivity index (χ2v) is 8.86. The predicted octanol–water partition coefficient (Wildman–Crippen LogP) is 4.98. The maximum atomic E-state index is 13.7. The molecule has 0 unspecified atom stereocenters. The first kappa shape index (κ1) is 22.6. The molecule has 0 spiro atoms. The molecule has 0 fully saturated rings. The fraction of sp³-hybridized carbons (Fsp3) is 0.207. The number of esters is 1. The van der Waals surface area contributed by atoms with Crippen LogP contribution in [0.3, 0.4) is 0 Å². The monoisotopic (exact) mass is 467 g/mol. The Kier molecular flexibility index (Phi) is 5.73. The van der Waals surface area contributed by atoms with Gasteiger partial charge in [-0.15, -0.1) is 0 Å². The van der Waals surface area contributed by atoms with Crippen LogP contribution < -0.4 is 5.43 Å². The van der Waals surface area contributed by atoms with Gasteiger partial charge < -0.3 is 14.1 Å². The van der Waals surface area contributed by atoms with E-state index in [0.29, 0.717) is 35.1 Å². The molecule has 5 rings (SSSR count). The molecule has 0 aliphatic carbocycles. The van der Waals surface area contributed by atoms with Gasteiger partial charge in [-0.2, -0.15) is 0 Å². The average molecular weight is 468 g/mol. The minimum Gasteiger partial charge on any atom is -0.465 e. The molecule has 0 radical (unpaired) electrons. The van der Waals surface area contributed by atoms with Gasteiger partial charge >= 0.3 is 5.97 Å². The lowest BCUT2D eigenvalue weighted by molar-refractivity contribution is 0.0600. The lowest BCUT2D eigenvalue weighted by atomic mass is 9.96. The van der Waals surface area contributed by atoms with Crippen LogP contribution >= 0.6 is 0 Å². The third-order valence-electron chi connectivity index (χ3n) is 6.71. The molecule has 4 aromatic rings. The first-order valence-corrected chi connectivity index (χ1v) is 11.5. The van der Waals surface area contributed by atoms with Gasteiger partial charge in [-0.05, 0) is 66.8 Å². The third kappa shape index (κ3) is 3.91. The van der Waals surface area contributed by atoms with E-state index < -0.39 is 12.0 Å². The molecule has 1 aromatic heterocycles. The van der Waals surface area contributed by atoms with Crippen molar-refractivity contribution in [2.24, 2.45) is 0 Å². The lowest BCUT2D eigenvalue weighted by Gasteiger charge is -2.25. The summed E-state index contributed by atoms with van der Waals surface area (Å²) >= 11 is 0. The Morgan fingerprint density at radius 1 is 0.971 bits per heavy atom. The maximum absolute atomic E-state index is 13.7. The van der Waals surface area contributed by atoms with Crippen molar-refractivity contribution >= 4 is 22.8 Å². The Morgan fingerprint density at radius 2 is 1.66 bits per heavy atom. The second kappa shape index (κ2) is 8.87. The Balaban J connectivity index is 1.65. The molecule has 0 N–H and O–H groups in total. The van der Waals surface area contributed by atoms with Crippen LogP contribution in [0.1, 0.15) is 54.8 Å². The number of methoxy groups -OCH3 is 1. The number of amides is 1. The van der Waals surface area contributed by atoms with Crippen molar-refractivity contribution in [3.8, 4) is 0 Å². The number of benzene rings is 3. The molecule has 35 heavy (non-hydrogen) atoms. The number of carbonyl (C=O) groups excluding carboxylic acids is 2. The zero-order valence-electron chi connectivity index (χ0n) is 19.8. The van der Waals surface area contributed by atoms with Crippen LogP contribution in [0.5, 0.6) is 0 Å². The molecule has 2 heterocycles. The molecule has 0 bridgehead atoms. The number of rotatable bonds is 5. The summed E-state index contributed by atoms with van der Waals surface area (Å²) in [7, 11) is 1.33. The summed E-state index contributed by atoms with van der Waals surface area (Å²) in [6.07, 6.45) is 0.628. The van der Waals surface area contributed by atoms with Crippen molar-refractivity contribution in [3.05, 3.63) is 116 Å². The molecule has 1 atom stereocenters. The van der Waals surface area contributed by atoms with Crippen molar-refractivity contribution in [1.82, 2.24) is 4.90 Å². The van der Waals surface area contributed by atoms with E-state index in [1.807, 2.05) is 56.3 Å². The quantitative estimate of drug-likeness (QED) is 0.387. The van der Waals surface area contributed by atoms with Crippen LogP contribution in [-0.4, -0.2) is 30.4 Å². The second-order valence-electron chi connectivity index (χ2n) is 8.86. The zero-order chi connectivity index (χ0) is 24.7. The molecule has 1 aliphatic heterocycles. The van der Waals surface area contributed by atoms with E-state index in [1.165, 1.54) is 7.11 Å². The van der Waals surface area contributed by atoms with Gasteiger partial charge in [0.1, 0.15) is 5.58 Å². The highest BCUT2D eigenvalue weighted by Crippen LogP contribution is 2.38. The lowest BCUT2D eigenvalue weighted by Crippen LogP contribution is -2.31. The maximum Gasteiger partial charge on any atom is 0.337 e. The third-order valence-corrected chi connectivity index (χ3v) is 6.71. The highest BCUT2D eigenvalue weighted by atomic mass is 16.5. The summed E-state index contributed by atoms with van der Waals surface area (Å²) in [5, 5.41) is 0.459. The van der Waals surface area contributed by atoms with Crippen molar-refractivity contribution in [2.45, 2.75) is 26.3 Å². The summed E-state index contributed by atoms with van der Waals surface area (Å²) in [5.41, 5.74) is 4.73. The van der Waals surface area contributed by atoms with E-state index in [0.717, 1.165) is 22.3 Å². The minimum absolute atomic E-state index is 0.0841. The van der Waals surface area contributed by atoms with E-state index in [-0.39, 0.29) is 17.1 Å². The number of fused-ring (bicyclic) bond motifs is 2. The molecular weight excluding hydrogens is 442 g/mol. The number of hydrogen-bond donors (Lipinski definition) is 0. The molecule has 0 saturated carbocycles.